The molecular formula is C60H42N2. The van der Waals surface area contributed by atoms with Crippen molar-refractivity contribution in [2.45, 2.75) is 0 Å². The monoisotopic (exact) mass is 790 g/mol. The van der Waals surface area contributed by atoms with Crippen molar-refractivity contribution in [2.24, 2.45) is 0 Å². The molecule has 0 atom stereocenters. The highest BCUT2D eigenvalue weighted by Crippen LogP contribution is 2.43. The van der Waals surface area contributed by atoms with E-state index < -0.39 is 0 Å². The average Bonchev–Trinajstić information content (AvgIpc) is 3.34. The summed E-state index contributed by atoms with van der Waals surface area (Å²) in [5.41, 5.74) is 11.5. The number of anilines is 6. The van der Waals surface area contributed by atoms with Crippen LogP contribution in [0.4, 0.5) is 34.1 Å². The molecule has 0 bridgehead atoms. The van der Waals surface area contributed by atoms with Gasteiger partial charge in [-0.15, -0.1) is 0 Å². The molecule has 0 aliphatic carbocycles. The van der Waals surface area contributed by atoms with Gasteiger partial charge in [0.2, 0.25) is 0 Å². The Balaban J connectivity index is 0.905. The minimum Gasteiger partial charge on any atom is -0.311 e. The first-order valence-electron chi connectivity index (χ1n) is 21.3. The number of benzene rings is 11. The third-order valence-corrected chi connectivity index (χ3v) is 12.0. The Hall–Kier alpha value is -8.20. The molecule has 62 heavy (non-hydrogen) atoms. The lowest BCUT2D eigenvalue weighted by molar-refractivity contribution is 1.28. The summed E-state index contributed by atoms with van der Waals surface area (Å²) in [5.74, 6) is 0. The van der Waals surface area contributed by atoms with Gasteiger partial charge in [-0.1, -0.05) is 182 Å². The standard InChI is InChI=1S/C60H42N2/c1-5-15-47(16-6-1)61(48-17-7-2-8-18-48)51-37-29-43(30-38-51)27-33-45-35-41-57-58-42-36-46(54-24-14-26-56(60(54)58)55-25-13-23-53(45)59(55)57)34-28-44-31-39-52(40-32-44)62(49-19-9-3-10-20-49)50-21-11-4-12-22-50/h1-42H/b33-27+,34-28+. The van der Waals surface area contributed by atoms with Crippen molar-refractivity contribution < 1.29 is 0 Å². The number of fused-ring (bicyclic) bond motifs is 2. The quantitative estimate of drug-likeness (QED) is 0.0773. The molecule has 0 saturated heterocycles. The summed E-state index contributed by atoms with van der Waals surface area (Å²) in [6.45, 7) is 0. The van der Waals surface area contributed by atoms with Crippen molar-refractivity contribution in [1.82, 2.24) is 0 Å². The first kappa shape index (κ1) is 36.8. The average molecular weight is 791 g/mol. The summed E-state index contributed by atoms with van der Waals surface area (Å²) in [5, 5.41) is 10.3. The summed E-state index contributed by atoms with van der Waals surface area (Å²) in [6, 6.07) is 82.6. The fourth-order valence-electron chi connectivity index (χ4n) is 9.09. The van der Waals surface area contributed by atoms with Gasteiger partial charge in [-0.05, 0) is 138 Å². The predicted molar refractivity (Wildman–Crippen MR) is 268 cm³/mol. The van der Waals surface area contributed by atoms with E-state index in [1.54, 1.807) is 0 Å². The van der Waals surface area contributed by atoms with Crippen molar-refractivity contribution in [1.29, 1.82) is 0 Å². The maximum atomic E-state index is 2.32. The number of nitrogens with zero attached hydrogens (tertiary/aromatic N) is 2. The highest BCUT2D eigenvalue weighted by atomic mass is 15.1. The van der Waals surface area contributed by atoms with Crippen molar-refractivity contribution in [2.75, 3.05) is 9.80 Å². The molecule has 0 spiro atoms. The van der Waals surface area contributed by atoms with Crippen molar-refractivity contribution in [3.8, 4) is 0 Å². The van der Waals surface area contributed by atoms with E-state index in [4.69, 9.17) is 0 Å². The highest BCUT2D eigenvalue weighted by Gasteiger charge is 2.16. The van der Waals surface area contributed by atoms with Crippen LogP contribution in [-0.4, -0.2) is 0 Å². The topological polar surface area (TPSA) is 6.48 Å². The van der Waals surface area contributed by atoms with Crippen LogP contribution < -0.4 is 9.80 Å². The summed E-state index contributed by atoms with van der Waals surface area (Å²) in [7, 11) is 0. The molecule has 0 N–H and O–H groups in total. The van der Waals surface area contributed by atoms with Crippen LogP contribution in [0.15, 0.2) is 231 Å². The molecule has 292 valence electrons. The molecule has 11 aromatic carbocycles. The first-order chi connectivity index (χ1) is 30.8. The van der Waals surface area contributed by atoms with Gasteiger partial charge in [-0.2, -0.15) is 0 Å². The number of hydrogen-bond acceptors (Lipinski definition) is 2. The van der Waals surface area contributed by atoms with Crippen LogP contribution >= 0.6 is 0 Å². The molecule has 2 heteroatoms. The second-order valence-corrected chi connectivity index (χ2v) is 15.7. The number of rotatable bonds is 10. The summed E-state index contributed by atoms with van der Waals surface area (Å²) < 4.78 is 0. The van der Waals surface area contributed by atoms with Gasteiger partial charge in [-0.3, -0.25) is 0 Å². The zero-order chi connectivity index (χ0) is 41.2. The van der Waals surface area contributed by atoms with Gasteiger partial charge >= 0.3 is 0 Å². The van der Waals surface area contributed by atoms with E-state index in [0.717, 1.165) is 45.3 Å². The van der Waals surface area contributed by atoms with Crippen LogP contribution in [0.5, 0.6) is 0 Å². The Morgan fingerprint density at radius 1 is 0.210 bits per heavy atom. The van der Waals surface area contributed by atoms with Gasteiger partial charge < -0.3 is 9.80 Å². The van der Waals surface area contributed by atoms with Crippen LogP contribution in [0.2, 0.25) is 0 Å². The molecule has 0 aliphatic rings. The molecule has 0 heterocycles. The van der Waals surface area contributed by atoms with Crippen molar-refractivity contribution in [3.05, 3.63) is 253 Å². The molecule has 11 rings (SSSR count). The van der Waals surface area contributed by atoms with E-state index in [9.17, 15) is 0 Å². The van der Waals surface area contributed by atoms with Gasteiger partial charge in [-0.25, -0.2) is 0 Å². The van der Waals surface area contributed by atoms with Crippen molar-refractivity contribution >= 4 is 102 Å². The smallest absolute Gasteiger partial charge is 0.0462 e. The van der Waals surface area contributed by atoms with Crippen LogP contribution in [0.3, 0.4) is 0 Å². The largest absolute Gasteiger partial charge is 0.311 e. The van der Waals surface area contributed by atoms with E-state index in [0.29, 0.717) is 0 Å². The second kappa shape index (κ2) is 16.1. The maximum absolute atomic E-state index is 2.32. The van der Waals surface area contributed by atoms with Gasteiger partial charge in [0.05, 0.1) is 0 Å². The van der Waals surface area contributed by atoms with Crippen LogP contribution in [-0.2, 0) is 0 Å². The van der Waals surface area contributed by atoms with Crippen molar-refractivity contribution in [3.63, 3.8) is 0 Å². The molecule has 0 fully saturated rings. The second-order valence-electron chi connectivity index (χ2n) is 15.7. The zero-order valence-electron chi connectivity index (χ0n) is 34.1. The summed E-state index contributed by atoms with van der Waals surface area (Å²) in [6.07, 6.45) is 8.99. The van der Waals surface area contributed by atoms with E-state index in [2.05, 4.69) is 265 Å². The van der Waals surface area contributed by atoms with Gasteiger partial charge in [0, 0.05) is 34.1 Å². The molecule has 0 radical (unpaired) electrons. The maximum Gasteiger partial charge on any atom is 0.0462 e. The fraction of sp³-hybridized carbons (Fsp3) is 0. The Bertz CT molecular complexity index is 3030. The van der Waals surface area contributed by atoms with Crippen LogP contribution in [0.1, 0.15) is 22.3 Å². The number of hydrogen-bond donors (Lipinski definition) is 0. The molecular weight excluding hydrogens is 749 g/mol. The molecule has 0 unspecified atom stereocenters. The summed E-state index contributed by atoms with van der Waals surface area (Å²) in [4.78, 5) is 4.59. The molecule has 0 aromatic heterocycles. The van der Waals surface area contributed by atoms with Crippen LogP contribution in [0, 0.1) is 0 Å². The molecule has 0 aliphatic heterocycles. The Kier molecular flexibility index (Phi) is 9.57. The SMILES string of the molecule is C(=C\c1ccc2c3ccc(/C=C/c4ccc(N(c5ccccc5)c5ccccc5)cc4)c4cccc(c5cccc1c52)c43)/c1ccc(N(c2ccccc2)c2ccccc2)cc1. The fourth-order valence-corrected chi connectivity index (χ4v) is 9.09. The molecule has 0 amide bonds. The number of para-hydroxylation sites is 4. The Labute approximate surface area is 362 Å². The lowest BCUT2D eigenvalue weighted by atomic mass is 9.87. The van der Waals surface area contributed by atoms with E-state index >= 15 is 0 Å². The van der Waals surface area contributed by atoms with Crippen LogP contribution in [0.25, 0.3) is 67.4 Å². The third-order valence-electron chi connectivity index (χ3n) is 12.0. The predicted octanol–water partition coefficient (Wildman–Crippen LogP) is 17.0. The van der Waals surface area contributed by atoms with Gasteiger partial charge in [0.1, 0.15) is 0 Å². The lowest BCUT2D eigenvalue weighted by Crippen LogP contribution is -2.09. The van der Waals surface area contributed by atoms with Gasteiger partial charge in [0.15, 0.2) is 0 Å². The molecule has 0 saturated carbocycles. The normalized spacial score (nSPS) is 11.7. The Morgan fingerprint density at radius 2 is 0.500 bits per heavy atom. The minimum absolute atomic E-state index is 1.12. The summed E-state index contributed by atoms with van der Waals surface area (Å²) >= 11 is 0. The van der Waals surface area contributed by atoms with Gasteiger partial charge in [0.25, 0.3) is 0 Å². The Morgan fingerprint density at radius 3 is 0.839 bits per heavy atom. The first-order valence-corrected chi connectivity index (χ1v) is 21.3. The molecule has 11 aromatic rings. The highest BCUT2D eigenvalue weighted by molar-refractivity contribution is 6.34. The zero-order valence-corrected chi connectivity index (χ0v) is 34.1. The lowest BCUT2D eigenvalue weighted by Gasteiger charge is -2.25. The van der Waals surface area contributed by atoms with E-state index in [1.165, 1.54) is 54.2 Å². The third kappa shape index (κ3) is 6.84. The minimum atomic E-state index is 1.12. The van der Waals surface area contributed by atoms with E-state index in [1.807, 2.05) is 0 Å². The van der Waals surface area contributed by atoms with E-state index in [-0.39, 0.29) is 0 Å². The molecule has 2 nitrogen and oxygen atoms in total.